The van der Waals surface area contributed by atoms with E-state index in [9.17, 15) is 5.11 Å². The molecule has 0 aliphatic carbocycles. The van der Waals surface area contributed by atoms with Crippen LogP contribution in [0.25, 0.3) is 0 Å². The van der Waals surface area contributed by atoms with Gasteiger partial charge in [-0.2, -0.15) is 0 Å². The first kappa shape index (κ1) is 10.4. The zero-order chi connectivity index (χ0) is 10.4. The fraction of sp³-hybridized carbons (Fsp3) is 0.167. The molecule has 2 heteroatoms. The van der Waals surface area contributed by atoms with Gasteiger partial charge in [-0.15, -0.1) is 13.2 Å². The second kappa shape index (κ2) is 5.12. The number of rotatable bonds is 5. The Bertz CT molecular complexity index is 310. The van der Waals surface area contributed by atoms with Crippen molar-refractivity contribution in [2.75, 3.05) is 18.0 Å². The monoisotopic (exact) mass is 189 g/mol. The molecule has 1 N–H and O–H groups in total. The second-order valence-electron chi connectivity index (χ2n) is 2.97. The minimum absolute atomic E-state index is 0.288. The lowest BCUT2D eigenvalue weighted by Gasteiger charge is -2.22. The fourth-order valence-corrected chi connectivity index (χ4v) is 1.31. The van der Waals surface area contributed by atoms with Crippen LogP contribution in [0.5, 0.6) is 5.75 Å². The number of hydrogen-bond donors (Lipinski definition) is 1. The minimum atomic E-state index is 0.288. The summed E-state index contributed by atoms with van der Waals surface area (Å²) >= 11 is 0. The fourth-order valence-electron chi connectivity index (χ4n) is 1.31. The van der Waals surface area contributed by atoms with Gasteiger partial charge in [-0.25, -0.2) is 0 Å². The van der Waals surface area contributed by atoms with Crippen molar-refractivity contribution in [3.05, 3.63) is 49.6 Å². The smallest absolute Gasteiger partial charge is 0.138 e. The van der Waals surface area contributed by atoms with Crippen LogP contribution in [0, 0.1) is 0 Å². The van der Waals surface area contributed by atoms with Crippen LogP contribution < -0.4 is 4.90 Å². The molecule has 0 spiro atoms. The highest BCUT2D eigenvalue weighted by atomic mass is 16.3. The van der Waals surface area contributed by atoms with Crippen molar-refractivity contribution in [1.82, 2.24) is 0 Å². The molecule has 0 amide bonds. The highest BCUT2D eigenvalue weighted by Crippen LogP contribution is 2.25. The van der Waals surface area contributed by atoms with Gasteiger partial charge in [-0.1, -0.05) is 24.3 Å². The second-order valence-corrected chi connectivity index (χ2v) is 2.97. The van der Waals surface area contributed by atoms with Gasteiger partial charge < -0.3 is 10.0 Å². The third-order valence-corrected chi connectivity index (χ3v) is 1.92. The van der Waals surface area contributed by atoms with E-state index in [4.69, 9.17) is 0 Å². The van der Waals surface area contributed by atoms with Crippen LogP contribution in [0.1, 0.15) is 0 Å². The van der Waals surface area contributed by atoms with Crippen LogP contribution in [0.2, 0.25) is 0 Å². The van der Waals surface area contributed by atoms with E-state index in [2.05, 4.69) is 13.2 Å². The minimum Gasteiger partial charge on any atom is -0.506 e. The van der Waals surface area contributed by atoms with Crippen molar-refractivity contribution in [3.63, 3.8) is 0 Å². The standard InChI is InChI=1S/C12H15NO/c1-3-9-13(10-4-2)11-7-5-6-8-12(11)14/h3-8,14H,1-2,9-10H2. The number of anilines is 1. The Hall–Kier alpha value is -1.70. The summed E-state index contributed by atoms with van der Waals surface area (Å²) in [6.45, 7) is 8.76. The Labute approximate surface area is 84.8 Å². The SMILES string of the molecule is C=CCN(CC=C)c1ccccc1O. The van der Waals surface area contributed by atoms with Gasteiger partial charge in [0.2, 0.25) is 0 Å². The molecule has 1 rings (SSSR count). The van der Waals surface area contributed by atoms with E-state index >= 15 is 0 Å². The van der Waals surface area contributed by atoms with Gasteiger partial charge in [0.1, 0.15) is 5.75 Å². The summed E-state index contributed by atoms with van der Waals surface area (Å²) in [5.41, 5.74) is 0.812. The highest BCUT2D eigenvalue weighted by molar-refractivity contribution is 5.58. The molecule has 0 radical (unpaired) electrons. The maximum atomic E-state index is 9.62. The molecule has 0 aliphatic heterocycles. The molecule has 1 aromatic rings. The lowest BCUT2D eigenvalue weighted by molar-refractivity contribution is 0.475. The number of phenolic OH excluding ortho intramolecular Hbond substituents is 1. The van der Waals surface area contributed by atoms with Gasteiger partial charge in [0.15, 0.2) is 0 Å². The summed E-state index contributed by atoms with van der Waals surface area (Å²) in [6.07, 6.45) is 3.60. The predicted molar refractivity (Wildman–Crippen MR) is 60.7 cm³/mol. The molecule has 0 saturated heterocycles. The van der Waals surface area contributed by atoms with Crippen LogP contribution in [-0.2, 0) is 0 Å². The number of phenols is 1. The third-order valence-electron chi connectivity index (χ3n) is 1.92. The van der Waals surface area contributed by atoms with Gasteiger partial charge in [0.25, 0.3) is 0 Å². The van der Waals surface area contributed by atoms with Gasteiger partial charge in [0.05, 0.1) is 5.69 Å². The van der Waals surface area contributed by atoms with Crippen LogP contribution >= 0.6 is 0 Å². The Morgan fingerprint density at radius 1 is 1.14 bits per heavy atom. The molecule has 0 fully saturated rings. The largest absolute Gasteiger partial charge is 0.506 e. The molecule has 0 atom stereocenters. The summed E-state index contributed by atoms with van der Waals surface area (Å²) in [4.78, 5) is 2.00. The first-order valence-corrected chi connectivity index (χ1v) is 4.54. The number of benzene rings is 1. The molecule has 1 aromatic carbocycles. The third kappa shape index (κ3) is 2.39. The normalized spacial score (nSPS) is 9.43. The van der Waals surface area contributed by atoms with Crippen LogP contribution in [-0.4, -0.2) is 18.2 Å². The van der Waals surface area contributed by atoms with E-state index in [0.29, 0.717) is 13.1 Å². The molecule has 0 unspecified atom stereocenters. The molecule has 74 valence electrons. The predicted octanol–water partition coefficient (Wildman–Crippen LogP) is 2.57. The summed E-state index contributed by atoms with van der Waals surface area (Å²) < 4.78 is 0. The molecule has 0 bridgehead atoms. The van der Waals surface area contributed by atoms with E-state index in [1.165, 1.54) is 0 Å². The van der Waals surface area contributed by atoms with Crippen molar-refractivity contribution in [3.8, 4) is 5.75 Å². The first-order valence-electron chi connectivity index (χ1n) is 4.54. The Morgan fingerprint density at radius 2 is 1.71 bits per heavy atom. The number of para-hydroxylation sites is 2. The van der Waals surface area contributed by atoms with Gasteiger partial charge >= 0.3 is 0 Å². The summed E-state index contributed by atoms with van der Waals surface area (Å²) in [5, 5.41) is 9.62. The van der Waals surface area contributed by atoms with E-state index in [1.807, 2.05) is 17.0 Å². The van der Waals surface area contributed by atoms with Crippen LogP contribution in [0.4, 0.5) is 5.69 Å². The number of hydrogen-bond acceptors (Lipinski definition) is 2. The maximum absolute atomic E-state index is 9.62. The van der Waals surface area contributed by atoms with E-state index in [0.717, 1.165) is 5.69 Å². The molecule has 0 aromatic heterocycles. The highest BCUT2D eigenvalue weighted by Gasteiger charge is 2.06. The van der Waals surface area contributed by atoms with E-state index in [1.54, 1.807) is 24.3 Å². The Balaban J connectivity index is 2.91. The first-order chi connectivity index (χ1) is 6.79. The summed E-state index contributed by atoms with van der Waals surface area (Å²) in [7, 11) is 0. The molecular formula is C12H15NO. The van der Waals surface area contributed by atoms with E-state index in [-0.39, 0.29) is 5.75 Å². The van der Waals surface area contributed by atoms with Crippen molar-refractivity contribution in [1.29, 1.82) is 0 Å². The lowest BCUT2D eigenvalue weighted by atomic mass is 10.2. The molecule has 0 aliphatic rings. The topological polar surface area (TPSA) is 23.5 Å². The van der Waals surface area contributed by atoms with Crippen LogP contribution in [0.15, 0.2) is 49.6 Å². The quantitative estimate of drug-likeness (QED) is 0.719. The van der Waals surface area contributed by atoms with Crippen molar-refractivity contribution < 1.29 is 5.11 Å². The molecule has 0 saturated carbocycles. The summed E-state index contributed by atoms with van der Waals surface area (Å²) in [5.74, 6) is 0.288. The van der Waals surface area contributed by atoms with Gasteiger partial charge in [-0.05, 0) is 12.1 Å². The van der Waals surface area contributed by atoms with Crippen LogP contribution in [0.3, 0.4) is 0 Å². The van der Waals surface area contributed by atoms with Gasteiger partial charge in [-0.3, -0.25) is 0 Å². The average Bonchev–Trinajstić information content (AvgIpc) is 2.18. The van der Waals surface area contributed by atoms with Gasteiger partial charge in [0, 0.05) is 13.1 Å². The van der Waals surface area contributed by atoms with E-state index < -0.39 is 0 Å². The molecular weight excluding hydrogens is 174 g/mol. The zero-order valence-corrected chi connectivity index (χ0v) is 8.19. The average molecular weight is 189 g/mol. The van der Waals surface area contributed by atoms with Crippen molar-refractivity contribution in [2.24, 2.45) is 0 Å². The Morgan fingerprint density at radius 3 is 2.21 bits per heavy atom. The Kier molecular flexibility index (Phi) is 3.80. The zero-order valence-electron chi connectivity index (χ0n) is 8.19. The molecule has 14 heavy (non-hydrogen) atoms. The molecule has 2 nitrogen and oxygen atoms in total. The van der Waals surface area contributed by atoms with Crippen molar-refractivity contribution in [2.45, 2.75) is 0 Å². The number of nitrogens with zero attached hydrogens (tertiary/aromatic N) is 1. The van der Waals surface area contributed by atoms with Crippen molar-refractivity contribution >= 4 is 5.69 Å². The lowest BCUT2D eigenvalue weighted by Crippen LogP contribution is -2.22. The summed E-state index contributed by atoms with van der Waals surface area (Å²) in [6, 6.07) is 7.25. The maximum Gasteiger partial charge on any atom is 0.138 e. The number of aromatic hydroxyl groups is 1. The molecule has 0 heterocycles.